The number of unbranched alkanes of at least 4 members (excludes halogenated alkanes) is 1. The molecule has 4 N–H and O–H groups in total. The van der Waals surface area contributed by atoms with Crippen molar-refractivity contribution in [2.45, 2.75) is 88.4 Å². The zero-order chi connectivity index (χ0) is 42.7. The molecule has 4 amide bonds. The number of hydrogen-bond donors (Lipinski definition) is 4. The van der Waals surface area contributed by atoms with E-state index < -0.39 is 42.1 Å². The molecule has 0 spiro atoms. The summed E-state index contributed by atoms with van der Waals surface area (Å²) in [7, 11) is 0. The molecule has 1 heterocycles. The summed E-state index contributed by atoms with van der Waals surface area (Å²) in [6.07, 6.45) is 5.66. The highest BCUT2D eigenvalue weighted by Crippen LogP contribution is 2.44. The molecule has 0 aromatic heterocycles. The number of amides is 4. The number of nitrogens with one attached hydrogen (secondary N) is 3. The third-order valence-corrected chi connectivity index (χ3v) is 11.0. The molecule has 60 heavy (non-hydrogen) atoms. The Bertz CT molecular complexity index is 1880. The second-order valence-corrected chi connectivity index (χ2v) is 15.2. The van der Waals surface area contributed by atoms with E-state index in [0.717, 1.165) is 34.2 Å². The lowest BCUT2D eigenvalue weighted by molar-refractivity contribution is -0.147. The zero-order valence-corrected chi connectivity index (χ0v) is 34.2. The summed E-state index contributed by atoms with van der Waals surface area (Å²) in [5.41, 5.74) is 5.18. The second-order valence-electron chi connectivity index (χ2n) is 15.2. The van der Waals surface area contributed by atoms with Gasteiger partial charge in [-0.15, -0.1) is 13.2 Å². The maximum absolute atomic E-state index is 13.7. The fraction of sp³-hybridized carbons (Fsp3) is 0.426. The molecule has 13 heteroatoms. The number of benzene rings is 3. The summed E-state index contributed by atoms with van der Waals surface area (Å²) in [4.78, 5) is 67.7. The summed E-state index contributed by atoms with van der Waals surface area (Å²) < 4.78 is 16.8. The Morgan fingerprint density at radius 3 is 2.20 bits per heavy atom. The van der Waals surface area contributed by atoms with Gasteiger partial charge < -0.3 is 40.2 Å². The lowest BCUT2D eigenvalue weighted by Gasteiger charge is -2.26. The van der Waals surface area contributed by atoms with Crippen molar-refractivity contribution < 1.29 is 43.3 Å². The van der Waals surface area contributed by atoms with Crippen molar-refractivity contribution in [1.29, 1.82) is 0 Å². The van der Waals surface area contributed by atoms with Gasteiger partial charge in [0.15, 0.2) is 0 Å². The van der Waals surface area contributed by atoms with Crippen LogP contribution in [-0.4, -0.2) is 91.0 Å². The van der Waals surface area contributed by atoms with Gasteiger partial charge in [-0.05, 0) is 79.2 Å². The lowest BCUT2D eigenvalue weighted by atomic mass is 9.98. The number of likely N-dealkylation sites (tertiary alicyclic amines) is 1. The normalized spacial score (nSPS) is 15.7. The Balaban J connectivity index is 1.18. The van der Waals surface area contributed by atoms with Crippen LogP contribution in [0.15, 0.2) is 104 Å². The Morgan fingerprint density at radius 2 is 1.52 bits per heavy atom. The van der Waals surface area contributed by atoms with Crippen LogP contribution in [0.4, 0.5) is 9.59 Å². The van der Waals surface area contributed by atoms with E-state index in [1.54, 1.807) is 17.1 Å². The number of rotatable bonds is 23. The number of fused-ring (bicyclic) bond motifs is 3. The Morgan fingerprint density at radius 1 is 0.817 bits per heavy atom. The first-order valence-electron chi connectivity index (χ1n) is 20.9. The predicted octanol–water partition coefficient (Wildman–Crippen LogP) is 6.55. The molecule has 1 aliphatic heterocycles. The minimum absolute atomic E-state index is 0.0659. The molecule has 0 saturated carbocycles. The van der Waals surface area contributed by atoms with Crippen LogP contribution in [0, 0.1) is 5.92 Å². The number of hydrogen-bond acceptors (Lipinski definition) is 9. The number of nitrogens with zero attached hydrogens (tertiary/aromatic N) is 1. The number of alkyl carbamates (subject to hydrolysis) is 2. The average molecular weight is 823 g/mol. The van der Waals surface area contributed by atoms with Gasteiger partial charge in [-0.2, -0.15) is 0 Å². The van der Waals surface area contributed by atoms with Crippen molar-refractivity contribution in [2.24, 2.45) is 5.92 Å². The fourth-order valence-electron chi connectivity index (χ4n) is 7.76. The van der Waals surface area contributed by atoms with Gasteiger partial charge in [-0.1, -0.05) is 91.0 Å². The Kier molecular flexibility index (Phi) is 17.7. The van der Waals surface area contributed by atoms with Crippen molar-refractivity contribution in [3.05, 3.63) is 121 Å². The highest BCUT2D eigenvalue weighted by Gasteiger charge is 2.33. The molecule has 2 aliphatic rings. The van der Waals surface area contributed by atoms with Crippen LogP contribution in [0.1, 0.15) is 80.4 Å². The van der Waals surface area contributed by atoms with Crippen molar-refractivity contribution in [1.82, 2.24) is 20.9 Å². The first-order valence-corrected chi connectivity index (χ1v) is 20.9. The van der Waals surface area contributed by atoms with Crippen molar-refractivity contribution in [2.75, 3.05) is 32.9 Å². The average Bonchev–Trinajstić information content (AvgIpc) is 3.88. The minimum Gasteiger partial charge on any atom is -0.462 e. The van der Waals surface area contributed by atoms with E-state index in [2.05, 4.69) is 29.1 Å². The van der Waals surface area contributed by atoms with Gasteiger partial charge in [0.05, 0.1) is 24.6 Å². The quantitative estimate of drug-likeness (QED) is 0.0358. The number of esters is 1. The van der Waals surface area contributed by atoms with Crippen molar-refractivity contribution in [3.8, 4) is 11.1 Å². The summed E-state index contributed by atoms with van der Waals surface area (Å²) in [5, 5.41) is 18.1. The van der Waals surface area contributed by atoms with Gasteiger partial charge in [0.2, 0.25) is 11.8 Å². The smallest absolute Gasteiger partial charge is 0.407 e. The zero-order valence-electron chi connectivity index (χ0n) is 34.2. The Hall–Kier alpha value is -5.95. The summed E-state index contributed by atoms with van der Waals surface area (Å²) in [6, 6.07) is 23.4. The number of carbonyl (C=O) groups excluding carboxylic acids is 5. The number of aliphatic hydroxyl groups excluding tert-OH is 1. The molecule has 1 aliphatic carbocycles. The van der Waals surface area contributed by atoms with E-state index in [4.69, 9.17) is 14.2 Å². The van der Waals surface area contributed by atoms with E-state index in [1.807, 2.05) is 78.9 Å². The number of ether oxygens (including phenoxy) is 3. The largest absolute Gasteiger partial charge is 0.462 e. The first kappa shape index (κ1) is 45.1. The molecule has 13 nitrogen and oxygen atoms in total. The van der Waals surface area contributed by atoms with Crippen LogP contribution < -0.4 is 16.0 Å². The van der Waals surface area contributed by atoms with E-state index in [-0.39, 0.29) is 63.6 Å². The Labute approximate surface area is 352 Å². The van der Waals surface area contributed by atoms with E-state index in [0.29, 0.717) is 45.2 Å². The van der Waals surface area contributed by atoms with Crippen LogP contribution in [-0.2, 0) is 35.2 Å². The molecule has 3 aromatic carbocycles. The van der Waals surface area contributed by atoms with E-state index in [1.165, 1.54) is 0 Å². The van der Waals surface area contributed by atoms with Gasteiger partial charge >= 0.3 is 18.2 Å². The third-order valence-electron chi connectivity index (χ3n) is 11.0. The van der Waals surface area contributed by atoms with Crippen LogP contribution >= 0.6 is 0 Å². The molecule has 1 saturated heterocycles. The summed E-state index contributed by atoms with van der Waals surface area (Å²) in [5.74, 6) is -2.20. The standard InChI is InChI=1S/C47H58N4O9/c1-3-5-25-42(50-47(57)60-32-41-39-23-11-9-21-37(39)38-22-10-12-24-40(38)41)45(55)58-31-35(19-13-14-26-48-46(56)59-30-33-17-7-6-8-18-33)49-44(54)34(16-4-2)28-43(53)51-27-15-20-36(51)29-52/h3-4,6-12,17-18,21-24,34-36,41-42,52H,1-2,5,13-16,19-20,25-32H2,(H,48,56)(H,49,54)(H,50,57). The molecule has 0 bridgehead atoms. The van der Waals surface area contributed by atoms with Gasteiger partial charge in [-0.25, -0.2) is 14.4 Å². The van der Waals surface area contributed by atoms with Gasteiger partial charge in [0, 0.05) is 25.4 Å². The van der Waals surface area contributed by atoms with Gasteiger partial charge in [0.25, 0.3) is 0 Å². The number of allylic oxidation sites excluding steroid dienone is 2. The SMILES string of the molecule is C=CCCC(NC(=O)OCC1c2ccccc2-c2ccccc21)C(=O)OCC(CCCCNC(=O)OCc1ccccc1)NC(=O)C(CC=C)CC(=O)N1CCCC1CO. The van der Waals surface area contributed by atoms with Crippen LogP contribution in [0.3, 0.4) is 0 Å². The van der Waals surface area contributed by atoms with Crippen molar-refractivity contribution in [3.63, 3.8) is 0 Å². The molecule has 4 atom stereocenters. The highest BCUT2D eigenvalue weighted by molar-refractivity contribution is 5.86. The topological polar surface area (TPSA) is 173 Å². The molecule has 3 aromatic rings. The molecular weight excluding hydrogens is 765 g/mol. The first-order chi connectivity index (χ1) is 29.2. The molecule has 320 valence electrons. The number of carbonyl (C=O) groups is 5. The monoisotopic (exact) mass is 822 g/mol. The highest BCUT2D eigenvalue weighted by atomic mass is 16.6. The molecule has 4 unspecified atom stereocenters. The molecular formula is C47H58N4O9. The molecule has 0 radical (unpaired) electrons. The van der Waals surface area contributed by atoms with Crippen LogP contribution in [0.5, 0.6) is 0 Å². The van der Waals surface area contributed by atoms with Crippen molar-refractivity contribution >= 4 is 30.0 Å². The second kappa shape index (κ2) is 23.6. The molecule has 1 fully saturated rings. The van der Waals surface area contributed by atoms with Gasteiger partial charge in [0.1, 0.15) is 25.9 Å². The fourth-order valence-corrected chi connectivity index (χ4v) is 7.76. The van der Waals surface area contributed by atoms with Gasteiger partial charge in [-0.3, -0.25) is 9.59 Å². The predicted molar refractivity (Wildman–Crippen MR) is 228 cm³/mol. The lowest BCUT2D eigenvalue weighted by Crippen LogP contribution is -2.46. The summed E-state index contributed by atoms with van der Waals surface area (Å²) >= 11 is 0. The minimum atomic E-state index is -1.05. The molecule has 5 rings (SSSR count). The maximum atomic E-state index is 13.7. The third kappa shape index (κ3) is 13.0. The van der Waals surface area contributed by atoms with Crippen LogP contribution in [0.25, 0.3) is 11.1 Å². The van der Waals surface area contributed by atoms with E-state index >= 15 is 0 Å². The number of aliphatic hydroxyl groups is 1. The summed E-state index contributed by atoms with van der Waals surface area (Å²) in [6.45, 7) is 8.25. The maximum Gasteiger partial charge on any atom is 0.407 e. The van der Waals surface area contributed by atoms with E-state index in [9.17, 15) is 29.1 Å². The van der Waals surface area contributed by atoms with Crippen LogP contribution in [0.2, 0.25) is 0 Å².